The van der Waals surface area contributed by atoms with Gasteiger partial charge in [0.05, 0.1) is 9.83 Å². The zero-order valence-electron chi connectivity index (χ0n) is 12.6. The Kier molecular flexibility index (Phi) is 4.73. The van der Waals surface area contributed by atoms with Gasteiger partial charge in [0.25, 0.3) is 17.5 Å². The number of benzene rings is 2. The van der Waals surface area contributed by atoms with Gasteiger partial charge in [0.15, 0.2) is 4.32 Å². The molecule has 2 aromatic carbocycles. The summed E-state index contributed by atoms with van der Waals surface area (Å²) in [5, 5.41) is 10.7. The van der Waals surface area contributed by atoms with Gasteiger partial charge in [-0.2, -0.15) is 0 Å². The largest absolute Gasteiger partial charge is 0.273 e. The third-order valence-electron chi connectivity index (χ3n) is 3.42. The van der Waals surface area contributed by atoms with Crippen molar-refractivity contribution in [1.82, 2.24) is 4.90 Å². The number of rotatable bonds is 3. The number of imide groups is 1. The second-order valence-electron chi connectivity index (χ2n) is 5.04. The molecule has 3 rings (SSSR count). The number of hydrogen-bond acceptors (Lipinski definition) is 6. The van der Waals surface area contributed by atoms with E-state index in [9.17, 15) is 19.7 Å². The molecule has 2 amide bonds. The highest BCUT2D eigenvalue weighted by Gasteiger charge is 2.37. The maximum absolute atomic E-state index is 12.5. The van der Waals surface area contributed by atoms with Crippen molar-refractivity contribution in [3.05, 3.63) is 80.7 Å². The average molecular weight is 370 g/mol. The number of hydrogen-bond donors (Lipinski definition) is 0. The summed E-state index contributed by atoms with van der Waals surface area (Å²) >= 11 is 6.18. The second kappa shape index (κ2) is 6.96. The Balaban J connectivity index is 1.85. The van der Waals surface area contributed by atoms with Crippen LogP contribution in [0.25, 0.3) is 6.08 Å². The minimum Gasteiger partial charge on any atom is -0.268 e. The summed E-state index contributed by atoms with van der Waals surface area (Å²) in [6.45, 7) is 0. The van der Waals surface area contributed by atoms with E-state index in [-0.39, 0.29) is 10.0 Å². The zero-order chi connectivity index (χ0) is 18.0. The summed E-state index contributed by atoms with van der Waals surface area (Å²) in [6, 6.07) is 14.2. The van der Waals surface area contributed by atoms with Crippen LogP contribution in [0.4, 0.5) is 5.69 Å². The highest BCUT2D eigenvalue weighted by Crippen LogP contribution is 2.33. The Labute approximate surface area is 152 Å². The van der Waals surface area contributed by atoms with E-state index in [1.54, 1.807) is 36.4 Å². The molecule has 2 aromatic rings. The van der Waals surface area contributed by atoms with Gasteiger partial charge in [-0.1, -0.05) is 42.2 Å². The number of nitro benzene ring substituents is 1. The van der Waals surface area contributed by atoms with Crippen LogP contribution in [0.5, 0.6) is 0 Å². The lowest BCUT2D eigenvalue weighted by molar-refractivity contribution is -0.384. The first-order chi connectivity index (χ1) is 12.0. The van der Waals surface area contributed by atoms with Gasteiger partial charge in [0, 0.05) is 17.7 Å². The fourth-order valence-corrected chi connectivity index (χ4v) is 3.45. The SMILES string of the molecule is O=C1/C(=C\c2ccc([N+](=O)[O-])cc2)SC(=S)N1C(=O)c1ccccc1. The van der Waals surface area contributed by atoms with Gasteiger partial charge < -0.3 is 0 Å². The molecule has 6 nitrogen and oxygen atoms in total. The van der Waals surface area contributed by atoms with Gasteiger partial charge in [-0.15, -0.1) is 0 Å². The number of non-ortho nitro benzene ring substituents is 1. The molecule has 0 aromatic heterocycles. The van der Waals surface area contributed by atoms with Crippen LogP contribution in [0, 0.1) is 10.1 Å². The van der Waals surface area contributed by atoms with Crippen molar-refractivity contribution in [3.8, 4) is 0 Å². The van der Waals surface area contributed by atoms with Gasteiger partial charge in [0.2, 0.25) is 0 Å². The number of carbonyl (C=O) groups excluding carboxylic acids is 2. The first kappa shape index (κ1) is 17.0. The van der Waals surface area contributed by atoms with Crippen LogP contribution >= 0.6 is 24.0 Å². The molecule has 1 aliphatic rings. The lowest BCUT2D eigenvalue weighted by atomic mass is 10.2. The van der Waals surface area contributed by atoms with E-state index in [0.29, 0.717) is 16.0 Å². The van der Waals surface area contributed by atoms with Crippen molar-refractivity contribution in [1.29, 1.82) is 0 Å². The van der Waals surface area contributed by atoms with Crippen molar-refractivity contribution in [2.45, 2.75) is 0 Å². The highest BCUT2D eigenvalue weighted by molar-refractivity contribution is 8.26. The number of thioether (sulfide) groups is 1. The molecule has 1 aliphatic heterocycles. The monoisotopic (exact) mass is 370 g/mol. The average Bonchev–Trinajstić information content (AvgIpc) is 2.89. The first-order valence-electron chi connectivity index (χ1n) is 7.09. The van der Waals surface area contributed by atoms with Crippen molar-refractivity contribution in [3.63, 3.8) is 0 Å². The normalized spacial score (nSPS) is 15.7. The molecule has 0 atom stereocenters. The lowest BCUT2D eigenvalue weighted by Gasteiger charge is -2.12. The van der Waals surface area contributed by atoms with E-state index < -0.39 is 16.7 Å². The lowest BCUT2D eigenvalue weighted by Crippen LogP contribution is -2.34. The number of nitrogens with zero attached hydrogens (tertiary/aromatic N) is 2. The van der Waals surface area contributed by atoms with Gasteiger partial charge in [-0.3, -0.25) is 19.7 Å². The summed E-state index contributed by atoms with van der Waals surface area (Å²) < 4.78 is 0.159. The van der Waals surface area contributed by atoms with E-state index in [1.807, 2.05) is 0 Å². The zero-order valence-corrected chi connectivity index (χ0v) is 14.3. The number of amides is 2. The Bertz CT molecular complexity index is 908. The predicted octanol–water partition coefficient (Wildman–Crippen LogP) is 3.64. The van der Waals surface area contributed by atoms with Gasteiger partial charge in [-0.05, 0) is 35.9 Å². The van der Waals surface area contributed by atoms with Crippen molar-refractivity contribution in [2.24, 2.45) is 0 Å². The summed E-state index contributed by atoms with van der Waals surface area (Å²) in [5.41, 5.74) is 0.942. The molecule has 0 N–H and O–H groups in total. The summed E-state index contributed by atoms with van der Waals surface area (Å²) in [7, 11) is 0. The smallest absolute Gasteiger partial charge is 0.268 e. The minimum atomic E-state index is -0.498. The molecule has 1 saturated heterocycles. The Morgan fingerprint density at radius 3 is 2.36 bits per heavy atom. The topological polar surface area (TPSA) is 80.5 Å². The maximum Gasteiger partial charge on any atom is 0.273 e. The van der Waals surface area contributed by atoms with Crippen LogP contribution in [-0.4, -0.2) is 26.0 Å². The Morgan fingerprint density at radius 2 is 1.76 bits per heavy atom. The summed E-state index contributed by atoms with van der Waals surface area (Å²) in [5.74, 6) is -0.975. The molecule has 1 fully saturated rings. The Hall–Kier alpha value is -2.84. The number of carbonyl (C=O) groups is 2. The van der Waals surface area contributed by atoms with Crippen molar-refractivity contribution < 1.29 is 14.5 Å². The molecular formula is C17H10N2O4S2. The quantitative estimate of drug-likeness (QED) is 0.270. The minimum absolute atomic E-state index is 0.0380. The standard InChI is InChI=1S/C17H10N2O4S2/c20-15(12-4-2-1-3-5-12)18-16(21)14(25-17(18)24)10-11-6-8-13(9-7-11)19(22)23/h1-10H/b14-10+. The molecule has 8 heteroatoms. The van der Waals surface area contributed by atoms with Crippen LogP contribution in [-0.2, 0) is 4.79 Å². The molecular weight excluding hydrogens is 360 g/mol. The van der Waals surface area contributed by atoms with Gasteiger partial charge in [-0.25, -0.2) is 4.90 Å². The second-order valence-corrected chi connectivity index (χ2v) is 6.71. The van der Waals surface area contributed by atoms with Crippen LogP contribution in [0.1, 0.15) is 15.9 Å². The molecule has 1 heterocycles. The predicted molar refractivity (Wildman–Crippen MR) is 98.9 cm³/mol. The van der Waals surface area contributed by atoms with E-state index >= 15 is 0 Å². The third kappa shape index (κ3) is 3.49. The maximum atomic E-state index is 12.5. The van der Waals surface area contributed by atoms with Crippen molar-refractivity contribution in [2.75, 3.05) is 0 Å². The number of nitro groups is 1. The van der Waals surface area contributed by atoms with E-state index in [2.05, 4.69) is 0 Å². The molecule has 0 spiro atoms. The van der Waals surface area contributed by atoms with E-state index in [0.717, 1.165) is 16.7 Å². The van der Waals surface area contributed by atoms with Crippen LogP contribution in [0.15, 0.2) is 59.5 Å². The molecule has 0 aliphatic carbocycles. The first-order valence-corrected chi connectivity index (χ1v) is 8.31. The fourth-order valence-electron chi connectivity index (χ4n) is 2.20. The van der Waals surface area contributed by atoms with E-state index in [4.69, 9.17) is 12.2 Å². The molecule has 124 valence electrons. The summed E-state index contributed by atoms with van der Waals surface area (Å²) in [6.07, 6.45) is 1.56. The Morgan fingerprint density at radius 1 is 1.12 bits per heavy atom. The van der Waals surface area contributed by atoms with Gasteiger partial charge >= 0.3 is 0 Å². The molecule has 25 heavy (non-hydrogen) atoms. The third-order valence-corrected chi connectivity index (χ3v) is 4.72. The van der Waals surface area contributed by atoms with Gasteiger partial charge in [0.1, 0.15) is 0 Å². The van der Waals surface area contributed by atoms with Crippen molar-refractivity contribution >= 4 is 51.9 Å². The van der Waals surface area contributed by atoms with E-state index in [1.165, 1.54) is 24.3 Å². The highest BCUT2D eigenvalue weighted by atomic mass is 32.2. The van der Waals surface area contributed by atoms with Crippen LogP contribution in [0.2, 0.25) is 0 Å². The molecule has 0 saturated carbocycles. The molecule has 0 unspecified atom stereocenters. The molecule has 0 radical (unpaired) electrons. The fraction of sp³-hybridized carbons (Fsp3) is 0. The summed E-state index contributed by atoms with van der Waals surface area (Å²) in [4.78, 5) is 36.5. The molecule has 0 bridgehead atoms. The van der Waals surface area contributed by atoms with Crippen LogP contribution < -0.4 is 0 Å². The van der Waals surface area contributed by atoms with Crippen LogP contribution in [0.3, 0.4) is 0 Å². The number of thiocarbonyl (C=S) groups is 1.